The van der Waals surface area contributed by atoms with Crippen LogP contribution in [0.15, 0.2) is 6.08 Å². The predicted molar refractivity (Wildman–Crippen MR) is 32.0 cm³/mol. The van der Waals surface area contributed by atoms with E-state index in [9.17, 15) is 0 Å². The van der Waals surface area contributed by atoms with Gasteiger partial charge in [-0.3, -0.25) is 0 Å². The molecule has 0 saturated carbocycles. The maximum absolute atomic E-state index is 3.05. The van der Waals surface area contributed by atoms with Gasteiger partial charge in [0.05, 0.1) is 0 Å². The van der Waals surface area contributed by atoms with Gasteiger partial charge in [-0.05, 0) is 27.1 Å². The van der Waals surface area contributed by atoms with Crippen LogP contribution in [0.25, 0.3) is 0 Å². The summed E-state index contributed by atoms with van der Waals surface area (Å²) in [6, 6.07) is 0. The Hall–Kier alpha value is -0.300. The molecule has 0 atom stereocenters. The lowest BCUT2D eigenvalue weighted by atomic mass is 10.5. The van der Waals surface area contributed by atoms with E-state index in [0.717, 1.165) is 6.54 Å². The minimum absolute atomic E-state index is 0.927. The Morgan fingerprint density at radius 2 is 2.14 bits per heavy atom. The van der Waals surface area contributed by atoms with Crippen molar-refractivity contribution in [1.29, 1.82) is 0 Å². The first-order valence-electron chi connectivity index (χ1n) is 2.43. The van der Waals surface area contributed by atoms with Gasteiger partial charge in [0, 0.05) is 6.54 Å². The molecule has 0 aromatic carbocycles. The van der Waals surface area contributed by atoms with Crippen LogP contribution in [0, 0.1) is 6.08 Å². The van der Waals surface area contributed by atoms with Crippen molar-refractivity contribution in [2.24, 2.45) is 0 Å². The van der Waals surface area contributed by atoms with Crippen LogP contribution in [-0.2, 0) is 0 Å². The lowest BCUT2D eigenvalue weighted by Crippen LogP contribution is -2.10. The second-order valence-electron chi connectivity index (χ2n) is 1.73. The molecule has 0 unspecified atom stereocenters. The Bertz CT molecular complexity index is 55.2. The fourth-order valence-corrected chi connectivity index (χ4v) is 0.274. The number of nitrogens with zero attached hydrogens (tertiary/aromatic N) is 1. The molecule has 0 aliphatic carbocycles. The summed E-state index contributed by atoms with van der Waals surface area (Å²) < 4.78 is 0. The highest BCUT2D eigenvalue weighted by atomic mass is 15.0. The molecule has 0 aliphatic rings. The predicted octanol–water partition coefficient (Wildman–Crippen LogP) is 0.927. The van der Waals surface area contributed by atoms with Crippen LogP contribution in [-0.4, -0.2) is 25.5 Å². The third-order valence-corrected chi connectivity index (χ3v) is 0.612. The third kappa shape index (κ3) is 5.70. The molecular weight excluding hydrogens is 86.1 g/mol. The Morgan fingerprint density at radius 3 is 2.29 bits per heavy atom. The lowest BCUT2D eigenvalue weighted by molar-refractivity contribution is 0.450. The molecule has 1 nitrogen and oxygen atoms in total. The van der Waals surface area contributed by atoms with Crippen LogP contribution >= 0.6 is 0 Å². The Labute approximate surface area is 45.6 Å². The van der Waals surface area contributed by atoms with E-state index < -0.39 is 0 Å². The fraction of sp³-hybridized carbons (Fsp3) is 0.667. The molecule has 0 aromatic heterocycles. The number of allylic oxidation sites excluding steroid dienone is 1. The highest BCUT2D eigenvalue weighted by Gasteiger charge is 1.77. The van der Waals surface area contributed by atoms with Gasteiger partial charge in [-0.25, -0.2) is 0 Å². The molecule has 1 heteroatoms. The van der Waals surface area contributed by atoms with Crippen LogP contribution in [0.3, 0.4) is 0 Å². The van der Waals surface area contributed by atoms with Gasteiger partial charge in [-0.15, -0.1) is 0 Å². The molecule has 0 amide bonds. The van der Waals surface area contributed by atoms with E-state index in [0.29, 0.717) is 0 Å². The molecule has 0 spiro atoms. The molecule has 0 bridgehead atoms. The van der Waals surface area contributed by atoms with Crippen molar-refractivity contribution in [2.45, 2.75) is 6.92 Å². The molecule has 0 fully saturated rings. The Balaban J connectivity index is 2.97. The van der Waals surface area contributed by atoms with Gasteiger partial charge < -0.3 is 4.90 Å². The van der Waals surface area contributed by atoms with Crippen LogP contribution in [0.2, 0.25) is 0 Å². The number of likely N-dealkylation sites (N-methyl/N-ethyl adjacent to an activating group) is 1. The van der Waals surface area contributed by atoms with Gasteiger partial charge in [-0.1, -0.05) is 6.08 Å². The molecule has 1 radical (unpaired) electrons. The molecule has 0 saturated heterocycles. The molecule has 0 rings (SSSR count). The highest BCUT2D eigenvalue weighted by molar-refractivity contribution is 4.68. The zero-order chi connectivity index (χ0) is 5.70. The fourth-order valence-electron chi connectivity index (χ4n) is 0.274. The molecular formula is C6H12N. The third-order valence-electron chi connectivity index (χ3n) is 0.612. The van der Waals surface area contributed by atoms with Crippen molar-refractivity contribution in [3.63, 3.8) is 0 Å². The summed E-state index contributed by atoms with van der Waals surface area (Å²) in [4.78, 5) is 2.07. The van der Waals surface area contributed by atoms with Crippen LogP contribution < -0.4 is 0 Å². The zero-order valence-corrected chi connectivity index (χ0v) is 5.23. The normalized spacial score (nSPS) is 11.4. The lowest BCUT2D eigenvalue weighted by Gasteiger charge is -2.01. The zero-order valence-electron chi connectivity index (χ0n) is 5.23. The van der Waals surface area contributed by atoms with Gasteiger partial charge in [-0.2, -0.15) is 0 Å². The Morgan fingerprint density at radius 1 is 1.57 bits per heavy atom. The maximum Gasteiger partial charge on any atom is 0.0227 e. The molecule has 0 N–H and O–H groups in total. The average Bonchev–Trinajstić information content (AvgIpc) is 1.61. The topological polar surface area (TPSA) is 3.24 Å². The first-order chi connectivity index (χ1) is 3.27. The van der Waals surface area contributed by atoms with Gasteiger partial charge in [0.1, 0.15) is 0 Å². The number of hydrogen-bond acceptors (Lipinski definition) is 1. The summed E-state index contributed by atoms with van der Waals surface area (Å²) in [6.07, 6.45) is 4.98. The first kappa shape index (κ1) is 6.70. The SMILES string of the molecule is C/C=[C]/CN(C)C. The summed E-state index contributed by atoms with van der Waals surface area (Å²) in [7, 11) is 4.05. The van der Waals surface area contributed by atoms with Gasteiger partial charge in [0.2, 0.25) is 0 Å². The smallest absolute Gasteiger partial charge is 0.0227 e. The van der Waals surface area contributed by atoms with Gasteiger partial charge >= 0.3 is 0 Å². The largest absolute Gasteiger partial charge is 0.305 e. The number of rotatable bonds is 2. The summed E-state index contributed by atoms with van der Waals surface area (Å²) in [5.74, 6) is 0. The van der Waals surface area contributed by atoms with Crippen molar-refractivity contribution in [3.8, 4) is 0 Å². The van der Waals surface area contributed by atoms with Crippen LogP contribution in [0.5, 0.6) is 0 Å². The minimum atomic E-state index is 0.927. The summed E-state index contributed by atoms with van der Waals surface area (Å²) in [6.45, 7) is 2.90. The highest BCUT2D eigenvalue weighted by Crippen LogP contribution is 1.72. The molecule has 7 heavy (non-hydrogen) atoms. The Kier molecular flexibility index (Phi) is 3.71. The van der Waals surface area contributed by atoms with Crippen molar-refractivity contribution < 1.29 is 0 Å². The van der Waals surface area contributed by atoms with Crippen LogP contribution in [0.1, 0.15) is 6.92 Å². The second-order valence-corrected chi connectivity index (χ2v) is 1.73. The summed E-state index contributed by atoms with van der Waals surface area (Å²) in [5.41, 5.74) is 0. The molecule has 0 aromatic rings. The minimum Gasteiger partial charge on any atom is -0.305 e. The van der Waals surface area contributed by atoms with Gasteiger partial charge in [0.25, 0.3) is 0 Å². The second kappa shape index (κ2) is 3.88. The monoisotopic (exact) mass is 98.1 g/mol. The molecule has 0 aliphatic heterocycles. The molecule has 0 heterocycles. The van der Waals surface area contributed by atoms with E-state index in [1.165, 1.54) is 0 Å². The quantitative estimate of drug-likeness (QED) is 0.496. The van der Waals surface area contributed by atoms with Crippen LogP contribution in [0.4, 0.5) is 0 Å². The first-order valence-corrected chi connectivity index (χ1v) is 2.43. The van der Waals surface area contributed by atoms with E-state index >= 15 is 0 Å². The van der Waals surface area contributed by atoms with Crippen molar-refractivity contribution in [2.75, 3.05) is 20.6 Å². The van der Waals surface area contributed by atoms with E-state index in [4.69, 9.17) is 0 Å². The van der Waals surface area contributed by atoms with Crippen molar-refractivity contribution in [3.05, 3.63) is 12.2 Å². The average molecular weight is 98.2 g/mol. The summed E-state index contributed by atoms with van der Waals surface area (Å²) >= 11 is 0. The molecule has 41 valence electrons. The summed E-state index contributed by atoms with van der Waals surface area (Å²) in [5, 5.41) is 0. The van der Waals surface area contributed by atoms with Crippen molar-refractivity contribution in [1.82, 2.24) is 4.90 Å². The van der Waals surface area contributed by atoms with E-state index in [1.54, 1.807) is 0 Å². The maximum atomic E-state index is 3.05. The van der Waals surface area contributed by atoms with E-state index in [-0.39, 0.29) is 0 Å². The standard InChI is InChI=1S/C6H12N/c1-4-5-6-7(2)3/h4H,6H2,1-3H3. The van der Waals surface area contributed by atoms with Crippen molar-refractivity contribution >= 4 is 0 Å². The van der Waals surface area contributed by atoms with E-state index in [2.05, 4.69) is 11.0 Å². The van der Waals surface area contributed by atoms with E-state index in [1.807, 2.05) is 27.1 Å². The van der Waals surface area contributed by atoms with Gasteiger partial charge in [0.15, 0.2) is 0 Å². The number of hydrogen-bond donors (Lipinski definition) is 0.